The molecule has 0 aliphatic carbocycles. The summed E-state index contributed by atoms with van der Waals surface area (Å²) in [7, 11) is -3.68. The first-order valence-corrected chi connectivity index (χ1v) is 10.2. The standard InChI is InChI=1S/C17H16F3N3O2S2/c1-11(22-27(24,25)16-7-4-8-26-16)15-10-21-23(12(15)2)14-6-3-5-13(9-14)17(18,19)20/h3-11,22H,1-2H3/t11-/m0/s1. The Morgan fingerprint density at radius 3 is 2.59 bits per heavy atom. The summed E-state index contributed by atoms with van der Waals surface area (Å²) >= 11 is 1.10. The van der Waals surface area contributed by atoms with Gasteiger partial charge in [-0.1, -0.05) is 12.1 Å². The average Bonchev–Trinajstić information content (AvgIpc) is 3.23. The predicted molar refractivity (Wildman–Crippen MR) is 96.4 cm³/mol. The van der Waals surface area contributed by atoms with Crippen LogP contribution in [0.15, 0.2) is 52.2 Å². The Morgan fingerprint density at radius 2 is 1.96 bits per heavy atom. The molecule has 0 saturated heterocycles. The SMILES string of the molecule is Cc1c([C@H](C)NS(=O)(=O)c2cccs2)cnn1-c1cccc(C(F)(F)F)c1. The Balaban J connectivity index is 1.90. The normalized spacial score (nSPS) is 13.7. The van der Waals surface area contributed by atoms with Crippen LogP contribution in [-0.2, 0) is 16.2 Å². The molecular formula is C17H16F3N3O2S2. The van der Waals surface area contributed by atoms with E-state index in [1.54, 1.807) is 25.3 Å². The molecule has 0 saturated carbocycles. The summed E-state index contributed by atoms with van der Waals surface area (Å²) in [5.74, 6) is 0. The molecule has 0 bridgehead atoms. The summed E-state index contributed by atoms with van der Waals surface area (Å²) in [6.45, 7) is 3.34. The lowest BCUT2D eigenvalue weighted by atomic mass is 10.1. The highest BCUT2D eigenvalue weighted by Crippen LogP contribution is 2.31. The van der Waals surface area contributed by atoms with Gasteiger partial charge in [-0.2, -0.15) is 18.3 Å². The number of nitrogens with zero attached hydrogens (tertiary/aromatic N) is 2. The minimum absolute atomic E-state index is 0.192. The molecule has 0 spiro atoms. The zero-order valence-corrected chi connectivity index (χ0v) is 16.0. The van der Waals surface area contributed by atoms with Crippen molar-refractivity contribution in [2.45, 2.75) is 30.3 Å². The molecule has 1 N–H and O–H groups in total. The van der Waals surface area contributed by atoms with E-state index in [9.17, 15) is 21.6 Å². The highest BCUT2D eigenvalue weighted by atomic mass is 32.2. The van der Waals surface area contributed by atoms with Crippen molar-refractivity contribution in [3.8, 4) is 5.69 Å². The molecule has 0 fully saturated rings. The topological polar surface area (TPSA) is 64.0 Å². The van der Waals surface area contributed by atoms with Crippen LogP contribution in [0.4, 0.5) is 13.2 Å². The van der Waals surface area contributed by atoms with Gasteiger partial charge in [0.1, 0.15) is 4.21 Å². The molecule has 2 aromatic heterocycles. The average molecular weight is 415 g/mol. The minimum Gasteiger partial charge on any atom is -0.238 e. The van der Waals surface area contributed by atoms with Crippen LogP contribution in [0.2, 0.25) is 0 Å². The monoisotopic (exact) mass is 415 g/mol. The second-order valence-corrected chi connectivity index (χ2v) is 8.81. The van der Waals surface area contributed by atoms with Gasteiger partial charge in [-0.05, 0) is 43.5 Å². The Labute approximate surface area is 158 Å². The van der Waals surface area contributed by atoms with Crippen LogP contribution in [0.1, 0.15) is 29.8 Å². The van der Waals surface area contributed by atoms with Gasteiger partial charge >= 0.3 is 6.18 Å². The van der Waals surface area contributed by atoms with E-state index in [1.165, 1.54) is 29.1 Å². The molecule has 0 aliphatic rings. The third-order valence-electron chi connectivity index (χ3n) is 4.02. The first-order valence-electron chi connectivity index (χ1n) is 7.87. The van der Waals surface area contributed by atoms with Crippen molar-refractivity contribution >= 4 is 21.4 Å². The van der Waals surface area contributed by atoms with Gasteiger partial charge in [0.15, 0.2) is 0 Å². The van der Waals surface area contributed by atoms with Crippen LogP contribution in [0.25, 0.3) is 5.69 Å². The van der Waals surface area contributed by atoms with E-state index in [0.717, 1.165) is 23.5 Å². The number of alkyl halides is 3. The van der Waals surface area contributed by atoms with E-state index < -0.39 is 27.8 Å². The van der Waals surface area contributed by atoms with E-state index in [1.807, 2.05) is 0 Å². The zero-order valence-electron chi connectivity index (χ0n) is 14.4. The third kappa shape index (κ3) is 4.07. The van der Waals surface area contributed by atoms with Crippen LogP contribution >= 0.6 is 11.3 Å². The number of halogens is 3. The van der Waals surface area contributed by atoms with Crippen molar-refractivity contribution in [1.29, 1.82) is 0 Å². The van der Waals surface area contributed by atoms with Crippen molar-refractivity contribution in [3.05, 3.63) is 64.8 Å². The molecule has 144 valence electrons. The van der Waals surface area contributed by atoms with Crippen LogP contribution < -0.4 is 4.72 Å². The fraction of sp³-hybridized carbons (Fsp3) is 0.235. The highest BCUT2D eigenvalue weighted by molar-refractivity contribution is 7.91. The number of aromatic nitrogens is 2. The molecule has 27 heavy (non-hydrogen) atoms. The maximum Gasteiger partial charge on any atom is 0.416 e. The Hall–Kier alpha value is -2.17. The first-order chi connectivity index (χ1) is 12.6. The molecule has 0 unspecified atom stereocenters. The van der Waals surface area contributed by atoms with Gasteiger partial charge < -0.3 is 0 Å². The van der Waals surface area contributed by atoms with E-state index in [2.05, 4.69) is 9.82 Å². The second-order valence-electron chi connectivity index (χ2n) is 5.92. The van der Waals surface area contributed by atoms with Crippen LogP contribution in [0, 0.1) is 6.92 Å². The summed E-state index contributed by atoms with van der Waals surface area (Å²) in [5.41, 5.74) is 0.605. The summed E-state index contributed by atoms with van der Waals surface area (Å²) in [5, 5.41) is 5.80. The quantitative estimate of drug-likeness (QED) is 0.676. The summed E-state index contributed by atoms with van der Waals surface area (Å²) in [6.07, 6.45) is -3.00. The Bertz CT molecular complexity index is 1040. The number of hydrogen-bond donors (Lipinski definition) is 1. The van der Waals surface area contributed by atoms with E-state index in [0.29, 0.717) is 11.3 Å². The van der Waals surface area contributed by atoms with E-state index >= 15 is 0 Å². The lowest BCUT2D eigenvalue weighted by Gasteiger charge is -2.14. The number of rotatable bonds is 5. The molecule has 10 heteroatoms. The summed E-state index contributed by atoms with van der Waals surface area (Å²) in [6, 6.07) is 7.35. The van der Waals surface area contributed by atoms with Crippen molar-refractivity contribution < 1.29 is 21.6 Å². The molecule has 0 amide bonds. The minimum atomic E-state index is -4.45. The maximum absolute atomic E-state index is 12.9. The van der Waals surface area contributed by atoms with Crippen molar-refractivity contribution in [2.24, 2.45) is 0 Å². The van der Waals surface area contributed by atoms with Gasteiger partial charge in [0.2, 0.25) is 0 Å². The van der Waals surface area contributed by atoms with E-state index in [-0.39, 0.29) is 9.90 Å². The molecular weight excluding hydrogens is 399 g/mol. The van der Waals surface area contributed by atoms with Gasteiger partial charge in [0.25, 0.3) is 10.0 Å². The van der Waals surface area contributed by atoms with Crippen molar-refractivity contribution in [3.63, 3.8) is 0 Å². The molecule has 1 aromatic carbocycles. The highest BCUT2D eigenvalue weighted by Gasteiger charge is 2.31. The fourth-order valence-electron chi connectivity index (χ4n) is 2.69. The molecule has 0 radical (unpaired) electrons. The van der Waals surface area contributed by atoms with Gasteiger partial charge in [0.05, 0.1) is 17.4 Å². The lowest BCUT2D eigenvalue weighted by molar-refractivity contribution is -0.137. The van der Waals surface area contributed by atoms with Crippen molar-refractivity contribution in [1.82, 2.24) is 14.5 Å². The summed E-state index contributed by atoms with van der Waals surface area (Å²) in [4.78, 5) is 0. The van der Waals surface area contributed by atoms with Crippen LogP contribution in [0.3, 0.4) is 0 Å². The number of hydrogen-bond acceptors (Lipinski definition) is 4. The van der Waals surface area contributed by atoms with Crippen LogP contribution in [-0.4, -0.2) is 18.2 Å². The van der Waals surface area contributed by atoms with E-state index in [4.69, 9.17) is 0 Å². The Kier molecular flexibility index (Phi) is 5.15. The molecule has 1 atom stereocenters. The zero-order chi connectivity index (χ0) is 19.8. The molecule has 3 aromatic rings. The Morgan fingerprint density at radius 1 is 1.22 bits per heavy atom. The molecule has 5 nitrogen and oxygen atoms in total. The number of benzene rings is 1. The van der Waals surface area contributed by atoms with Gasteiger partial charge in [-0.25, -0.2) is 17.8 Å². The van der Waals surface area contributed by atoms with Gasteiger partial charge in [-0.3, -0.25) is 0 Å². The largest absolute Gasteiger partial charge is 0.416 e. The lowest BCUT2D eigenvalue weighted by Crippen LogP contribution is -2.26. The van der Waals surface area contributed by atoms with Crippen molar-refractivity contribution in [2.75, 3.05) is 0 Å². The fourth-order valence-corrected chi connectivity index (χ4v) is 4.92. The second kappa shape index (κ2) is 7.10. The number of sulfonamides is 1. The molecule has 3 rings (SSSR count). The molecule has 2 heterocycles. The smallest absolute Gasteiger partial charge is 0.238 e. The number of nitrogens with one attached hydrogen (secondary N) is 1. The third-order valence-corrected chi connectivity index (χ3v) is 6.96. The maximum atomic E-state index is 12.9. The first kappa shape index (κ1) is 19.6. The number of thiophene rings is 1. The van der Waals surface area contributed by atoms with Crippen LogP contribution in [0.5, 0.6) is 0 Å². The van der Waals surface area contributed by atoms with Gasteiger partial charge in [-0.15, -0.1) is 11.3 Å². The summed E-state index contributed by atoms with van der Waals surface area (Å²) < 4.78 is 67.7. The molecule has 0 aliphatic heterocycles. The van der Waals surface area contributed by atoms with Gasteiger partial charge in [0, 0.05) is 17.3 Å². The predicted octanol–water partition coefficient (Wildman–Crippen LogP) is 4.30.